The van der Waals surface area contributed by atoms with Gasteiger partial charge in [0.05, 0.1) is 11.6 Å². The van der Waals surface area contributed by atoms with Gasteiger partial charge in [-0.05, 0) is 42.5 Å². The highest BCUT2D eigenvalue weighted by Crippen LogP contribution is 2.25. The van der Waals surface area contributed by atoms with Gasteiger partial charge in [0.25, 0.3) is 0 Å². The number of nitrogens with two attached hydrogens (primary N) is 1. The molecular weight excluding hydrogens is 250 g/mol. The summed E-state index contributed by atoms with van der Waals surface area (Å²) in [4.78, 5) is 11.8. The first-order chi connectivity index (χ1) is 9.46. The molecule has 0 saturated heterocycles. The number of amides is 1. The Kier molecular flexibility index (Phi) is 6.20. The molecule has 0 heterocycles. The Morgan fingerprint density at radius 2 is 2.15 bits per heavy atom. The van der Waals surface area contributed by atoms with Crippen molar-refractivity contribution >= 4 is 5.91 Å². The van der Waals surface area contributed by atoms with Crippen molar-refractivity contribution in [1.29, 1.82) is 5.26 Å². The minimum atomic E-state index is 0.0393. The van der Waals surface area contributed by atoms with Gasteiger partial charge in [0.15, 0.2) is 0 Å². The Hall–Kier alpha value is -1.86. The average molecular weight is 273 g/mol. The quantitative estimate of drug-likeness (QED) is 0.800. The van der Waals surface area contributed by atoms with Crippen LogP contribution in [0.25, 0.3) is 0 Å². The lowest BCUT2D eigenvalue weighted by Gasteiger charge is -2.23. The second kappa shape index (κ2) is 7.66. The van der Waals surface area contributed by atoms with Gasteiger partial charge in [-0.25, -0.2) is 0 Å². The van der Waals surface area contributed by atoms with Gasteiger partial charge in [-0.2, -0.15) is 5.26 Å². The maximum absolute atomic E-state index is 11.8. The van der Waals surface area contributed by atoms with Gasteiger partial charge in [0.1, 0.15) is 0 Å². The third-order valence-corrected chi connectivity index (χ3v) is 3.40. The van der Waals surface area contributed by atoms with Crippen molar-refractivity contribution in [3.05, 3.63) is 35.4 Å². The Morgan fingerprint density at radius 1 is 1.40 bits per heavy atom. The van der Waals surface area contributed by atoms with Crippen LogP contribution in [0.3, 0.4) is 0 Å². The number of hydrogen-bond donors (Lipinski definition) is 2. The van der Waals surface area contributed by atoms with Gasteiger partial charge in [-0.1, -0.05) is 26.0 Å². The van der Waals surface area contributed by atoms with E-state index in [9.17, 15) is 4.79 Å². The zero-order valence-electron chi connectivity index (χ0n) is 12.3. The lowest BCUT2D eigenvalue weighted by atomic mass is 9.84. The third kappa shape index (κ3) is 5.85. The second-order valence-electron chi connectivity index (χ2n) is 5.79. The van der Waals surface area contributed by atoms with Crippen molar-refractivity contribution < 1.29 is 4.79 Å². The Morgan fingerprint density at radius 3 is 2.80 bits per heavy atom. The summed E-state index contributed by atoms with van der Waals surface area (Å²) in [5.41, 5.74) is 7.22. The second-order valence-corrected chi connectivity index (χ2v) is 5.79. The van der Waals surface area contributed by atoms with E-state index in [0.717, 1.165) is 18.4 Å². The summed E-state index contributed by atoms with van der Waals surface area (Å²) in [6.45, 7) is 5.37. The van der Waals surface area contributed by atoms with Gasteiger partial charge in [0, 0.05) is 13.0 Å². The van der Waals surface area contributed by atoms with Crippen molar-refractivity contribution in [3.8, 4) is 6.07 Å². The van der Waals surface area contributed by atoms with E-state index in [0.29, 0.717) is 25.1 Å². The summed E-state index contributed by atoms with van der Waals surface area (Å²) in [6, 6.07) is 9.36. The molecule has 0 unspecified atom stereocenters. The van der Waals surface area contributed by atoms with Crippen molar-refractivity contribution in [2.75, 3.05) is 6.54 Å². The first-order valence-corrected chi connectivity index (χ1v) is 6.93. The monoisotopic (exact) mass is 273 g/mol. The fraction of sp³-hybridized carbons (Fsp3) is 0.500. The van der Waals surface area contributed by atoms with E-state index in [-0.39, 0.29) is 11.3 Å². The molecule has 1 amide bonds. The highest BCUT2D eigenvalue weighted by Gasteiger charge is 2.18. The van der Waals surface area contributed by atoms with Crippen molar-refractivity contribution in [3.63, 3.8) is 0 Å². The smallest absolute Gasteiger partial charge is 0.220 e. The predicted octanol–water partition coefficient (Wildman–Crippen LogP) is 2.33. The van der Waals surface area contributed by atoms with Gasteiger partial charge in [-0.3, -0.25) is 4.79 Å². The first-order valence-electron chi connectivity index (χ1n) is 6.93. The molecular formula is C16H23N3O. The molecule has 0 bridgehead atoms. The molecule has 0 fully saturated rings. The summed E-state index contributed by atoms with van der Waals surface area (Å²) >= 11 is 0. The molecule has 0 aromatic heterocycles. The lowest BCUT2D eigenvalue weighted by Crippen LogP contribution is -2.25. The van der Waals surface area contributed by atoms with Gasteiger partial charge >= 0.3 is 0 Å². The number of carbonyl (C=O) groups excluding carboxylic acids is 1. The number of nitrogens with one attached hydrogen (secondary N) is 1. The number of benzene rings is 1. The van der Waals surface area contributed by atoms with E-state index in [1.165, 1.54) is 0 Å². The molecule has 0 saturated carbocycles. The highest BCUT2D eigenvalue weighted by molar-refractivity contribution is 5.75. The fourth-order valence-corrected chi connectivity index (χ4v) is 2.01. The molecule has 0 radical (unpaired) electrons. The number of carbonyl (C=O) groups is 1. The maximum Gasteiger partial charge on any atom is 0.220 e. The topological polar surface area (TPSA) is 78.9 Å². The van der Waals surface area contributed by atoms with Crippen LogP contribution < -0.4 is 11.1 Å². The Labute approximate surface area is 121 Å². The van der Waals surface area contributed by atoms with Crippen LogP contribution in [0.15, 0.2) is 24.3 Å². The maximum atomic E-state index is 11.8. The van der Waals surface area contributed by atoms with Gasteiger partial charge in [-0.15, -0.1) is 0 Å². The molecule has 4 heteroatoms. The van der Waals surface area contributed by atoms with E-state index >= 15 is 0 Å². The molecule has 108 valence electrons. The van der Waals surface area contributed by atoms with Crippen LogP contribution in [0.2, 0.25) is 0 Å². The molecule has 0 spiro atoms. The molecule has 20 heavy (non-hydrogen) atoms. The molecule has 0 aliphatic rings. The van der Waals surface area contributed by atoms with Crippen LogP contribution in [0.4, 0.5) is 0 Å². The molecule has 4 nitrogen and oxygen atoms in total. The standard InChI is InChI=1S/C16H23N3O/c1-16(2,8-9-17)7-6-15(20)19-12-14-5-3-4-13(10-14)11-18/h3-5,10H,6-9,12,17H2,1-2H3,(H,19,20). The van der Waals surface area contributed by atoms with Crippen molar-refractivity contribution in [1.82, 2.24) is 5.32 Å². The SMILES string of the molecule is CC(C)(CCN)CCC(=O)NCc1cccc(C#N)c1. The van der Waals surface area contributed by atoms with Crippen LogP contribution in [0.1, 0.15) is 44.2 Å². The van der Waals surface area contributed by atoms with E-state index in [1.54, 1.807) is 12.1 Å². The van der Waals surface area contributed by atoms with Crippen LogP contribution >= 0.6 is 0 Å². The first kappa shape index (κ1) is 16.2. The minimum absolute atomic E-state index is 0.0393. The average Bonchev–Trinajstić information content (AvgIpc) is 2.43. The third-order valence-electron chi connectivity index (χ3n) is 3.40. The van der Waals surface area contributed by atoms with Crippen molar-refractivity contribution in [2.45, 2.75) is 39.7 Å². The zero-order chi connectivity index (χ0) is 15.0. The Balaban J connectivity index is 2.38. The summed E-state index contributed by atoms with van der Waals surface area (Å²) in [7, 11) is 0. The lowest BCUT2D eigenvalue weighted by molar-refractivity contribution is -0.121. The van der Waals surface area contributed by atoms with Crippen LogP contribution in [-0.4, -0.2) is 12.5 Å². The predicted molar refractivity (Wildman–Crippen MR) is 79.7 cm³/mol. The fourth-order valence-electron chi connectivity index (χ4n) is 2.01. The molecule has 3 N–H and O–H groups in total. The highest BCUT2D eigenvalue weighted by atomic mass is 16.1. The summed E-state index contributed by atoms with van der Waals surface area (Å²) in [5, 5.41) is 11.7. The molecule has 1 aromatic rings. The number of nitrogens with zero attached hydrogens (tertiary/aromatic N) is 1. The number of rotatable bonds is 7. The number of hydrogen-bond acceptors (Lipinski definition) is 3. The normalized spacial score (nSPS) is 10.9. The largest absolute Gasteiger partial charge is 0.352 e. The molecule has 0 aliphatic heterocycles. The Bertz CT molecular complexity index is 489. The van der Waals surface area contributed by atoms with E-state index < -0.39 is 0 Å². The summed E-state index contributed by atoms with van der Waals surface area (Å²) in [5.74, 6) is 0.0393. The van der Waals surface area contributed by atoms with Gasteiger partial charge in [0.2, 0.25) is 5.91 Å². The zero-order valence-corrected chi connectivity index (χ0v) is 12.3. The minimum Gasteiger partial charge on any atom is -0.352 e. The van der Waals surface area contributed by atoms with E-state index in [2.05, 4.69) is 25.2 Å². The van der Waals surface area contributed by atoms with E-state index in [1.807, 2.05) is 12.1 Å². The number of nitriles is 1. The van der Waals surface area contributed by atoms with Crippen LogP contribution in [-0.2, 0) is 11.3 Å². The van der Waals surface area contributed by atoms with Gasteiger partial charge < -0.3 is 11.1 Å². The molecule has 1 aromatic carbocycles. The molecule has 0 aliphatic carbocycles. The van der Waals surface area contributed by atoms with Crippen LogP contribution in [0, 0.1) is 16.7 Å². The molecule has 0 atom stereocenters. The van der Waals surface area contributed by atoms with E-state index in [4.69, 9.17) is 11.0 Å². The summed E-state index contributed by atoms with van der Waals surface area (Å²) in [6.07, 6.45) is 2.25. The van der Waals surface area contributed by atoms with Crippen LogP contribution in [0.5, 0.6) is 0 Å². The molecule has 1 rings (SSSR count). The summed E-state index contributed by atoms with van der Waals surface area (Å²) < 4.78 is 0. The van der Waals surface area contributed by atoms with Crippen molar-refractivity contribution in [2.24, 2.45) is 11.1 Å².